The fourth-order valence-corrected chi connectivity index (χ4v) is 2.50. The lowest BCUT2D eigenvalue weighted by atomic mass is 10.0. The molecule has 116 valence electrons. The van der Waals surface area contributed by atoms with Gasteiger partial charge in [-0.25, -0.2) is 4.98 Å². The molecule has 0 saturated carbocycles. The number of carboxylic acids is 1. The second-order valence-corrected chi connectivity index (χ2v) is 5.09. The van der Waals surface area contributed by atoms with Crippen LogP contribution in [0, 0.1) is 12.8 Å². The maximum atomic E-state index is 11.4. The zero-order valence-electron chi connectivity index (χ0n) is 12.6. The molecule has 0 radical (unpaired) electrons. The quantitative estimate of drug-likeness (QED) is 0.841. The highest BCUT2D eigenvalue weighted by Crippen LogP contribution is 2.25. The van der Waals surface area contributed by atoms with Gasteiger partial charge in [-0.15, -0.1) is 0 Å². The number of aromatic nitrogens is 2. The molecule has 2 rings (SSSR count). The molecule has 21 heavy (non-hydrogen) atoms. The first kappa shape index (κ1) is 15.5. The van der Waals surface area contributed by atoms with Crippen molar-refractivity contribution in [2.75, 3.05) is 31.8 Å². The predicted molar refractivity (Wildman–Crippen MR) is 76.7 cm³/mol. The van der Waals surface area contributed by atoms with Crippen LogP contribution in [0.3, 0.4) is 0 Å². The Bertz CT molecular complexity index is 509. The van der Waals surface area contributed by atoms with Crippen LogP contribution in [0.15, 0.2) is 6.07 Å². The Balaban J connectivity index is 2.34. The summed E-state index contributed by atoms with van der Waals surface area (Å²) in [7, 11) is 1.55. The van der Waals surface area contributed by atoms with Crippen molar-refractivity contribution in [2.24, 2.45) is 5.92 Å². The summed E-state index contributed by atoms with van der Waals surface area (Å²) in [5.41, 5.74) is 0.781. The maximum absolute atomic E-state index is 11.4. The van der Waals surface area contributed by atoms with E-state index in [9.17, 15) is 9.90 Å². The first-order chi connectivity index (χ1) is 10.1. The Morgan fingerprint density at radius 2 is 2.29 bits per heavy atom. The summed E-state index contributed by atoms with van der Waals surface area (Å²) in [4.78, 5) is 22.1. The fraction of sp³-hybridized carbons (Fsp3) is 0.643. The van der Waals surface area contributed by atoms with Crippen LogP contribution in [-0.2, 0) is 9.53 Å². The van der Waals surface area contributed by atoms with E-state index < -0.39 is 11.9 Å². The molecular formula is C14H21N3O4. The largest absolute Gasteiger partial charge is 0.481 e. The van der Waals surface area contributed by atoms with Crippen molar-refractivity contribution in [3.05, 3.63) is 11.8 Å². The van der Waals surface area contributed by atoms with Gasteiger partial charge >= 0.3 is 5.97 Å². The number of methoxy groups -OCH3 is 1. The van der Waals surface area contributed by atoms with Crippen LogP contribution in [-0.4, -0.2) is 54.0 Å². The minimum absolute atomic E-state index is 0.225. The smallest absolute Gasteiger partial charge is 0.311 e. The average Bonchev–Trinajstić information content (AvgIpc) is 2.93. The third kappa shape index (κ3) is 3.41. The van der Waals surface area contributed by atoms with E-state index in [0.29, 0.717) is 25.0 Å². The molecule has 0 aliphatic carbocycles. The van der Waals surface area contributed by atoms with Gasteiger partial charge in [0, 0.05) is 18.3 Å². The van der Waals surface area contributed by atoms with Gasteiger partial charge in [0.05, 0.1) is 26.4 Å². The van der Waals surface area contributed by atoms with E-state index in [-0.39, 0.29) is 12.6 Å². The van der Waals surface area contributed by atoms with E-state index in [1.165, 1.54) is 0 Å². The summed E-state index contributed by atoms with van der Waals surface area (Å²) in [5, 5.41) is 9.33. The van der Waals surface area contributed by atoms with Crippen LogP contribution in [0.1, 0.15) is 19.0 Å². The van der Waals surface area contributed by atoms with Gasteiger partial charge in [0.15, 0.2) is 0 Å². The predicted octanol–water partition coefficient (Wildman–Crippen LogP) is 1.11. The highest BCUT2D eigenvalue weighted by Gasteiger charge is 2.39. The van der Waals surface area contributed by atoms with Gasteiger partial charge in [-0.1, -0.05) is 6.92 Å². The van der Waals surface area contributed by atoms with Gasteiger partial charge in [-0.2, -0.15) is 4.98 Å². The summed E-state index contributed by atoms with van der Waals surface area (Å²) in [5.74, 6) is -0.440. The van der Waals surface area contributed by atoms with Crippen LogP contribution in [0.5, 0.6) is 5.88 Å². The lowest BCUT2D eigenvalue weighted by Crippen LogP contribution is -2.44. The van der Waals surface area contributed by atoms with E-state index in [1.807, 2.05) is 18.7 Å². The molecular weight excluding hydrogens is 274 g/mol. The van der Waals surface area contributed by atoms with Gasteiger partial charge in [0.1, 0.15) is 5.92 Å². The van der Waals surface area contributed by atoms with Crippen LogP contribution < -0.4 is 9.64 Å². The Morgan fingerprint density at radius 3 is 2.90 bits per heavy atom. The van der Waals surface area contributed by atoms with E-state index in [0.717, 1.165) is 12.1 Å². The number of carbonyl (C=O) groups is 1. The number of ether oxygens (including phenoxy) is 2. The standard InChI is InChI=1S/C14H21N3O4/c1-4-5-17(11-8-21-7-10(11)13(18)19)14-15-9(2)6-12(16-14)20-3/h6,10-11H,4-5,7-8H2,1-3H3,(H,18,19). The number of rotatable bonds is 6. The summed E-state index contributed by atoms with van der Waals surface area (Å²) < 4.78 is 10.5. The van der Waals surface area contributed by atoms with E-state index in [2.05, 4.69) is 9.97 Å². The van der Waals surface area contributed by atoms with Crippen LogP contribution in [0.2, 0.25) is 0 Å². The van der Waals surface area contributed by atoms with Gasteiger partial charge in [-0.3, -0.25) is 4.79 Å². The second-order valence-electron chi connectivity index (χ2n) is 5.09. The molecule has 1 fully saturated rings. The number of hydrogen-bond acceptors (Lipinski definition) is 6. The van der Waals surface area contributed by atoms with E-state index in [1.54, 1.807) is 13.2 Å². The zero-order chi connectivity index (χ0) is 15.4. The minimum atomic E-state index is -0.849. The molecule has 2 unspecified atom stereocenters. The molecule has 0 aromatic carbocycles. The first-order valence-corrected chi connectivity index (χ1v) is 7.03. The van der Waals surface area contributed by atoms with Crippen molar-refractivity contribution >= 4 is 11.9 Å². The zero-order valence-corrected chi connectivity index (χ0v) is 12.6. The number of hydrogen-bond donors (Lipinski definition) is 1. The Morgan fingerprint density at radius 1 is 1.52 bits per heavy atom. The molecule has 7 nitrogen and oxygen atoms in total. The van der Waals surface area contributed by atoms with Gasteiger partial charge < -0.3 is 19.5 Å². The van der Waals surface area contributed by atoms with Gasteiger partial charge in [0.25, 0.3) is 0 Å². The van der Waals surface area contributed by atoms with Crippen molar-refractivity contribution < 1.29 is 19.4 Å². The average molecular weight is 295 g/mol. The third-order valence-electron chi connectivity index (χ3n) is 3.52. The molecule has 1 aromatic heterocycles. The number of anilines is 1. The molecule has 1 saturated heterocycles. The lowest BCUT2D eigenvalue weighted by molar-refractivity contribution is -0.142. The molecule has 0 amide bonds. The number of aliphatic carboxylic acids is 1. The topological polar surface area (TPSA) is 84.8 Å². The van der Waals surface area contributed by atoms with E-state index >= 15 is 0 Å². The second kappa shape index (κ2) is 6.71. The monoisotopic (exact) mass is 295 g/mol. The Labute approximate surface area is 123 Å². The SMILES string of the molecule is CCCN(c1nc(C)cc(OC)n1)C1COCC1C(=O)O. The number of nitrogens with zero attached hydrogens (tertiary/aromatic N) is 3. The lowest BCUT2D eigenvalue weighted by Gasteiger charge is -2.30. The third-order valence-corrected chi connectivity index (χ3v) is 3.52. The maximum Gasteiger partial charge on any atom is 0.311 e. The van der Waals surface area contributed by atoms with Crippen molar-refractivity contribution in [1.29, 1.82) is 0 Å². The molecule has 1 N–H and O–H groups in total. The van der Waals surface area contributed by atoms with E-state index in [4.69, 9.17) is 9.47 Å². The Hall–Kier alpha value is -1.89. The molecule has 2 heterocycles. The van der Waals surface area contributed by atoms with Gasteiger partial charge in [-0.05, 0) is 13.3 Å². The molecule has 1 aliphatic heterocycles. The summed E-state index contributed by atoms with van der Waals surface area (Å²) >= 11 is 0. The highest BCUT2D eigenvalue weighted by molar-refractivity contribution is 5.72. The van der Waals surface area contributed by atoms with Gasteiger partial charge in [0.2, 0.25) is 11.8 Å². The van der Waals surface area contributed by atoms with Crippen LogP contribution >= 0.6 is 0 Å². The van der Waals surface area contributed by atoms with Crippen molar-refractivity contribution in [1.82, 2.24) is 9.97 Å². The molecule has 1 aromatic rings. The molecule has 2 atom stereocenters. The normalized spacial score (nSPS) is 21.3. The highest BCUT2D eigenvalue weighted by atomic mass is 16.5. The fourth-order valence-electron chi connectivity index (χ4n) is 2.50. The molecule has 0 spiro atoms. The van der Waals surface area contributed by atoms with Crippen molar-refractivity contribution in [3.8, 4) is 5.88 Å². The molecule has 7 heteroatoms. The van der Waals surface area contributed by atoms with Crippen LogP contribution in [0.25, 0.3) is 0 Å². The van der Waals surface area contributed by atoms with Crippen molar-refractivity contribution in [2.45, 2.75) is 26.3 Å². The van der Waals surface area contributed by atoms with Crippen molar-refractivity contribution in [3.63, 3.8) is 0 Å². The minimum Gasteiger partial charge on any atom is -0.481 e. The number of carboxylic acid groups (broad SMARTS) is 1. The summed E-state index contributed by atoms with van der Waals surface area (Å²) in [6, 6.07) is 1.49. The summed E-state index contributed by atoms with van der Waals surface area (Å²) in [6.07, 6.45) is 0.864. The van der Waals surface area contributed by atoms with Crippen LogP contribution in [0.4, 0.5) is 5.95 Å². The first-order valence-electron chi connectivity index (χ1n) is 7.03. The Kier molecular flexibility index (Phi) is 4.95. The molecule has 0 bridgehead atoms. The molecule has 1 aliphatic rings. The number of aryl methyl sites for hydroxylation is 1. The summed E-state index contributed by atoms with van der Waals surface area (Å²) in [6.45, 7) is 5.16.